The molecule has 1 N–H and O–H groups in total. The van der Waals surface area contributed by atoms with Gasteiger partial charge in [-0.25, -0.2) is 4.98 Å². The average Bonchev–Trinajstić information content (AvgIpc) is 3.14. The van der Waals surface area contributed by atoms with Crippen molar-refractivity contribution in [3.63, 3.8) is 0 Å². The SMILES string of the molecule is Cc1ccc2nc(-c3ccc(/N=N/c4c(C(F)(F)F)cc(O)cc4C(F)(F)F)cc3)sc2c1. The summed E-state index contributed by atoms with van der Waals surface area (Å²) in [5, 5.41) is 16.9. The molecule has 1 aromatic heterocycles. The van der Waals surface area contributed by atoms with Gasteiger partial charge >= 0.3 is 12.4 Å². The molecule has 11 heteroatoms. The van der Waals surface area contributed by atoms with Crippen molar-refractivity contribution in [2.24, 2.45) is 10.2 Å². The molecule has 0 aliphatic heterocycles. The highest BCUT2D eigenvalue weighted by molar-refractivity contribution is 7.21. The highest BCUT2D eigenvalue weighted by Gasteiger charge is 2.42. The van der Waals surface area contributed by atoms with Crippen LogP contribution in [0.3, 0.4) is 0 Å². The predicted octanol–water partition coefficient (Wildman–Crippen LogP) is 8.43. The number of fused-ring (bicyclic) bond motifs is 1. The first kappa shape index (κ1) is 22.7. The van der Waals surface area contributed by atoms with Crippen molar-refractivity contribution in [1.82, 2.24) is 4.98 Å². The summed E-state index contributed by atoms with van der Waals surface area (Å²) in [5.74, 6) is -1.18. The zero-order chi connectivity index (χ0) is 24.0. The van der Waals surface area contributed by atoms with Crippen molar-refractivity contribution in [2.45, 2.75) is 19.3 Å². The lowest BCUT2D eigenvalue weighted by molar-refractivity contribution is -0.142. The standard InChI is InChI=1S/C22H13F6N3OS/c1-11-2-7-17-18(8-11)33-20(29-17)12-3-5-13(6-4-12)30-31-19-15(21(23,24)25)9-14(32)10-16(19)22(26,27)28/h2-10,32H,1H3/b31-30+. The highest BCUT2D eigenvalue weighted by Crippen LogP contribution is 2.46. The Balaban J connectivity index is 1.69. The molecule has 0 fully saturated rings. The second-order valence-corrected chi connectivity index (χ2v) is 8.15. The first-order valence-electron chi connectivity index (χ1n) is 9.32. The third-order valence-corrected chi connectivity index (χ3v) is 5.70. The van der Waals surface area contributed by atoms with Crippen molar-refractivity contribution in [1.29, 1.82) is 0 Å². The van der Waals surface area contributed by atoms with Gasteiger partial charge in [-0.1, -0.05) is 6.07 Å². The Labute approximate surface area is 186 Å². The minimum Gasteiger partial charge on any atom is -0.508 e. The molecule has 0 spiro atoms. The van der Waals surface area contributed by atoms with Crippen molar-refractivity contribution in [2.75, 3.05) is 0 Å². The van der Waals surface area contributed by atoms with Crippen LogP contribution in [0.4, 0.5) is 37.7 Å². The Kier molecular flexibility index (Phi) is 5.61. The van der Waals surface area contributed by atoms with Crippen LogP contribution in [-0.4, -0.2) is 10.1 Å². The lowest BCUT2D eigenvalue weighted by Gasteiger charge is -2.15. The van der Waals surface area contributed by atoms with E-state index in [9.17, 15) is 31.4 Å². The first-order chi connectivity index (χ1) is 15.4. The highest BCUT2D eigenvalue weighted by atomic mass is 32.1. The number of hydrogen-bond acceptors (Lipinski definition) is 5. The maximum absolute atomic E-state index is 13.3. The van der Waals surface area contributed by atoms with E-state index in [-0.39, 0.29) is 17.8 Å². The summed E-state index contributed by atoms with van der Waals surface area (Å²) in [6, 6.07) is 12.2. The molecule has 0 saturated heterocycles. The minimum atomic E-state index is -5.18. The first-order valence-corrected chi connectivity index (χ1v) is 10.1. The fourth-order valence-electron chi connectivity index (χ4n) is 3.09. The topological polar surface area (TPSA) is 57.8 Å². The number of nitrogens with zero attached hydrogens (tertiary/aromatic N) is 3. The van der Waals surface area contributed by atoms with E-state index >= 15 is 0 Å². The number of benzene rings is 3. The summed E-state index contributed by atoms with van der Waals surface area (Å²) in [7, 11) is 0. The minimum absolute atomic E-state index is 0.0463. The van der Waals surface area contributed by atoms with E-state index in [2.05, 4.69) is 15.2 Å². The van der Waals surface area contributed by atoms with Gasteiger partial charge in [0.05, 0.1) is 27.0 Å². The molecule has 0 bridgehead atoms. The number of azo groups is 1. The van der Waals surface area contributed by atoms with Crippen LogP contribution in [0.5, 0.6) is 5.75 Å². The van der Waals surface area contributed by atoms with Gasteiger partial charge in [-0.05, 0) is 61.0 Å². The van der Waals surface area contributed by atoms with Gasteiger partial charge in [0.25, 0.3) is 0 Å². The van der Waals surface area contributed by atoms with Crippen molar-refractivity contribution in [3.05, 3.63) is 71.3 Å². The number of thiazole rings is 1. The van der Waals surface area contributed by atoms with Crippen LogP contribution in [0.25, 0.3) is 20.8 Å². The monoisotopic (exact) mass is 481 g/mol. The number of aromatic hydroxyl groups is 1. The molecule has 1 heterocycles. The van der Waals surface area contributed by atoms with Gasteiger partial charge < -0.3 is 5.11 Å². The molecule has 0 saturated carbocycles. The predicted molar refractivity (Wildman–Crippen MR) is 112 cm³/mol. The maximum Gasteiger partial charge on any atom is 0.418 e. The Bertz CT molecular complexity index is 1320. The van der Waals surface area contributed by atoms with E-state index in [1.807, 2.05) is 25.1 Å². The van der Waals surface area contributed by atoms with E-state index in [1.165, 1.54) is 23.5 Å². The van der Waals surface area contributed by atoms with E-state index in [0.717, 1.165) is 15.8 Å². The van der Waals surface area contributed by atoms with Gasteiger partial charge in [0.2, 0.25) is 0 Å². The number of rotatable bonds is 3. The number of phenolic OH excluding ortho intramolecular Hbond substituents is 1. The number of aryl methyl sites for hydroxylation is 1. The number of alkyl halides is 6. The number of hydrogen-bond donors (Lipinski definition) is 1. The van der Waals surface area contributed by atoms with E-state index in [1.54, 1.807) is 12.1 Å². The van der Waals surface area contributed by atoms with Crippen molar-refractivity contribution in [3.8, 4) is 16.3 Å². The summed E-state index contributed by atoms with van der Waals surface area (Å²) in [5.41, 5.74) is -2.23. The molecule has 170 valence electrons. The third kappa shape index (κ3) is 4.82. The summed E-state index contributed by atoms with van der Waals surface area (Å²) in [6.07, 6.45) is -10.4. The largest absolute Gasteiger partial charge is 0.508 e. The average molecular weight is 481 g/mol. The third-order valence-electron chi connectivity index (χ3n) is 4.63. The number of halogens is 6. The van der Waals surface area contributed by atoms with E-state index in [0.29, 0.717) is 10.6 Å². The lowest BCUT2D eigenvalue weighted by Crippen LogP contribution is -2.11. The molecule has 0 aliphatic carbocycles. The van der Waals surface area contributed by atoms with E-state index < -0.39 is 34.9 Å². The van der Waals surface area contributed by atoms with Gasteiger partial charge in [-0.15, -0.1) is 16.5 Å². The molecular formula is C22H13F6N3OS. The van der Waals surface area contributed by atoms with Gasteiger partial charge in [0.1, 0.15) is 16.4 Å². The molecule has 0 atom stereocenters. The Morgan fingerprint density at radius 2 is 1.42 bits per heavy atom. The Morgan fingerprint density at radius 3 is 2.00 bits per heavy atom. The molecule has 0 aliphatic rings. The fourth-order valence-corrected chi connectivity index (χ4v) is 4.16. The molecule has 3 aromatic carbocycles. The summed E-state index contributed by atoms with van der Waals surface area (Å²) < 4.78 is 80.7. The molecule has 4 aromatic rings. The number of phenols is 1. The van der Waals surface area contributed by atoms with Crippen LogP contribution in [0, 0.1) is 6.92 Å². The molecule has 0 radical (unpaired) electrons. The normalized spacial score (nSPS) is 12.7. The summed E-state index contributed by atoms with van der Waals surface area (Å²) >= 11 is 1.45. The molecule has 0 amide bonds. The van der Waals surface area contributed by atoms with Gasteiger partial charge in [-0.2, -0.15) is 31.5 Å². The zero-order valence-corrected chi connectivity index (χ0v) is 17.5. The number of aromatic nitrogens is 1. The van der Waals surface area contributed by atoms with Crippen LogP contribution >= 0.6 is 11.3 Å². The van der Waals surface area contributed by atoms with Crippen LogP contribution in [0.1, 0.15) is 16.7 Å². The zero-order valence-electron chi connectivity index (χ0n) is 16.7. The smallest absolute Gasteiger partial charge is 0.418 e. The lowest BCUT2D eigenvalue weighted by atomic mass is 10.1. The summed E-state index contributed by atoms with van der Waals surface area (Å²) in [4.78, 5) is 4.52. The van der Waals surface area contributed by atoms with Crippen LogP contribution in [0.15, 0.2) is 64.8 Å². The summed E-state index contributed by atoms with van der Waals surface area (Å²) in [6.45, 7) is 1.96. The quantitative estimate of drug-likeness (QED) is 0.236. The van der Waals surface area contributed by atoms with Crippen molar-refractivity contribution >= 4 is 32.9 Å². The van der Waals surface area contributed by atoms with Crippen LogP contribution in [-0.2, 0) is 12.4 Å². The molecular weight excluding hydrogens is 468 g/mol. The van der Waals surface area contributed by atoms with E-state index in [4.69, 9.17) is 0 Å². The molecule has 33 heavy (non-hydrogen) atoms. The van der Waals surface area contributed by atoms with Crippen molar-refractivity contribution < 1.29 is 31.4 Å². The van der Waals surface area contributed by atoms with Crippen LogP contribution < -0.4 is 0 Å². The molecule has 4 rings (SSSR count). The fraction of sp³-hybridized carbons (Fsp3) is 0.136. The van der Waals surface area contributed by atoms with Gasteiger partial charge in [-0.3, -0.25) is 0 Å². The molecule has 0 unspecified atom stereocenters. The second kappa shape index (κ2) is 8.14. The Morgan fingerprint density at radius 1 is 0.818 bits per heavy atom. The second-order valence-electron chi connectivity index (χ2n) is 7.12. The molecule has 4 nitrogen and oxygen atoms in total. The maximum atomic E-state index is 13.3. The Hall–Kier alpha value is -3.47. The van der Waals surface area contributed by atoms with Gasteiger partial charge in [0.15, 0.2) is 0 Å². The van der Waals surface area contributed by atoms with Crippen LogP contribution in [0.2, 0.25) is 0 Å². The van der Waals surface area contributed by atoms with Gasteiger partial charge in [0, 0.05) is 5.56 Å².